The number of fused-ring (bicyclic) bond motifs is 6. The Kier molecular flexibility index (Phi) is 13.5. The molecule has 2 aromatic heterocycles. The van der Waals surface area contributed by atoms with Gasteiger partial charge in [-0.1, -0.05) is 61.6 Å². The number of nitrogens with zero attached hydrogens (tertiary/aromatic N) is 7. The Balaban J connectivity index is 0.629. The maximum atomic E-state index is 17.2. The molecule has 12 rings (SSSR count). The number of carbonyl (C=O) groups is 5. The first-order valence-electron chi connectivity index (χ1n) is 27.0. The minimum atomic E-state index is -1.02. The van der Waals surface area contributed by atoms with Crippen LogP contribution in [0.1, 0.15) is 103 Å². The first-order valence-corrected chi connectivity index (χ1v) is 27.0. The van der Waals surface area contributed by atoms with Crippen molar-refractivity contribution >= 4 is 62.9 Å². The van der Waals surface area contributed by atoms with E-state index in [-0.39, 0.29) is 96.5 Å². The van der Waals surface area contributed by atoms with E-state index in [1.165, 1.54) is 6.07 Å². The molecule has 404 valence electrons. The number of carbonyl (C=O) groups excluding carboxylic acids is 5. The molecule has 7 atom stereocenters. The molecule has 20 heteroatoms. The average molecular weight is 1060 g/mol. The van der Waals surface area contributed by atoms with Crippen LogP contribution in [0.25, 0.3) is 32.9 Å². The van der Waals surface area contributed by atoms with Gasteiger partial charge < -0.3 is 34.6 Å². The van der Waals surface area contributed by atoms with Gasteiger partial charge in [0.1, 0.15) is 48.2 Å². The van der Waals surface area contributed by atoms with Crippen LogP contribution in [0.4, 0.5) is 25.1 Å². The van der Waals surface area contributed by atoms with Crippen LogP contribution < -0.4 is 25.6 Å². The summed E-state index contributed by atoms with van der Waals surface area (Å²) in [5.74, 6) is -0.454. The molecule has 78 heavy (non-hydrogen) atoms. The lowest BCUT2D eigenvalue weighted by molar-refractivity contribution is -0.136. The highest BCUT2D eigenvalue weighted by Gasteiger charge is 2.52. The molecular weight excluding hydrogens is 1000 g/mol. The van der Waals surface area contributed by atoms with E-state index in [0.29, 0.717) is 65.8 Å². The van der Waals surface area contributed by atoms with Gasteiger partial charge in [-0.05, 0) is 81.0 Å². The fourth-order valence-corrected chi connectivity index (χ4v) is 12.8. The number of ether oxygens (including phenoxy) is 3. The van der Waals surface area contributed by atoms with Gasteiger partial charge in [0.25, 0.3) is 11.8 Å². The Hall–Kier alpha value is -7.60. The van der Waals surface area contributed by atoms with E-state index in [0.717, 1.165) is 68.3 Å². The monoisotopic (exact) mass is 1060 g/mol. The summed E-state index contributed by atoms with van der Waals surface area (Å²) in [7, 11) is 1.75. The van der Waals surface area contributed by atoms with E-state index in [4.69, 9.17) is 30.6 Å². The number of nitrogens with one attached hydrogen (secondary N) is 3. The lowest BCUT2D eigenvalue weighted by Crippen LogP contribution is -2.54. The molecule has 3 aromatic carbocycles. The second-order valence-electron chi connectivity index (χ2n) is 21.9. The Morgan fingerprint density at radius 1 is 0.987 bits per heavy atom. The van der Waals surface area contributed by atoms with Crippen molar-refractivity contribution in [2.75, 3.05) is 56.7 Å². The van der Waals surface area contributed by atoms with Crippen molar-refractivity contribution in [2.24, 2.45) is 0 Å². The van der Waals surface area contributed by atoms with Gasteiger partial charge in [-0.15, -0.1) is 6.42 Å². The largest absolute Gasteiger partial charge is 0.461 e. The summed E-state index contributed by atoms with van der Waals surface area (Å²) >= 11 is 0. The molecular formula is C58H60F2N10O8. The molecule has 7 aliphatic rings. The number of hydrogen-bond acceptors (Lipinski definition) is 15. The van der Waals surface area contributed by atoms with Crippen molar-refractivity contribution in [2.45, 2.75) is 119 Å². The van der Waals surface area contributed by atoms with Gasteiger partial charge in [0.2, 0.25) is 11.8 Å². The standard InChI is InChI=1S/C58H60F2N10O8/c1-4-38-43(59)18-13-33-10-9-11-40(47(33)38)49-48(60)50-42(26-61-49)51(68-28-35-14-15-36(29-68)62-35)66-56(65-50)77-31-58-22-21-37(69(58)27-32(2)25-58)30-76-57(75)67(3)23-8-6-5-7-12-45-53(78-45)63-34-16-17-39-41(24-34)55(74)70(54(39)73)44-19-20-46(71)64-52(44)72/h1,9-11,13,16-18,24,26,35-37,44-45,53,62-63H,2,5-8,12,14-15,19-23,25,27-31H2,3H3,(H,64,71,72). The van der Waals surface area contributed by atoms with Crippen molar-refractivity contribution in [3.05, 3.63) is 95.2 Å². The predicted octanol–water partition coefficient (Wildman–Crippen LogP) is 6.84. The Bertz CT molecular complexity index is 3360. The molecule has 6 saturated heterocycles. The van der Waals surface area contributed by atoms with Crippen LogP contribution in [-0.2, 0) is 19.1 Å². The van der Waals surface area contributed by atoms with Crippen LogP contribution in [0.2, 0.25) is 0 Å². The van der Waals surface area contributed by atoms with E-state index in [9.17, 15) is 24.0 Å². The third-order valence-electron chi connectivity index (χ3n) is 16.8. The van der Waals surface area contributed by atoms with Crippen molar-refractivity contribution in [1.29, 1.82) is 0 Å². The van der Waals surface area contributed by atoms with Gasteiger partial charge in [-0.25, -0.2) is 13.6 Å². The molecule has 5 aromatic rings. The molecule has 0 aliphatic carbocycles. The van der Waals surface area contributed by atoms with Crippen molar-refractivity contribution in [3.63, 3.8) is 0 Å². The number of anilines is 2. The van der Waals surface area contributed by atoms with Crippen molar-refractivity contribution in [1.82, 2.24) is 40.3 Å². The SMILES string of the molecule is C#Cc1c(F)ccc2cccc(-c3ncc4c(N5CC6CCC(C5)N6)nc(OCC56CCC(COC(=O)N(C)CCCCCCC7OC7Nc7ccc8c(c7)C(=O)N(C7CCC(=O)NC7=O)C8=O)N5CC(=C)C6)nc4c3F)c12. The minimum Gasteiger partial charge on any atom is -0.461 e. The smallest absolute Gasteiger partial charge is 0.409 e. The highest BCUT2D eigenvalue weighted by molar-refractivity contribution is 6.23. The second-order valence-corrected chi connectivity index (χ2v) is 21.9. The number of pyridine rings is 1. The number of amides is 5. The molecule has 0 spiro atoms. The highest BCUT2D eigenvalue weighted by atomic mass is 19.1. The Morgan fingerprint density at radius 2 is 1.79 bits per heavy atom. The number of piperidine rings is 1. The van der Waals surface area contributed by atoms with Gasteiger partial charge >= 0.3 is 12.1 Å². The van der Waals surface area contributed by atoms with E-state index in [2.05, 4.69) is 43.2 Å². The maximum absolute atomic E-state index is 17.2. The van der Waals surface area contributed by atoms with Gasteiger partial charge in [0.05, 0.1) is 27.6 Å². The van der Waals surface area contributed by atoms with E-state index in [1.54, 1.807) is 60.6 Å². The van der Waals surface area contributed by atoms with Crippen LogP contribution in [0.15, 0.2) is 66.9 Å². The number of benzene rings is 3. The number of imide groups is 2. The number of halogens is 2. The number of terminal acetylenes is 1. The number of rotatable bonds is 17. The second kappa shape index (κ2) is 20.6. The van der Waals surface area contributed by atoms with Crippen LogP contribution in [0.5, 0.6) is 6.01 Å². The topological polar surface area (TPSA) is 204 Å². The molecule has 3 N–H and O–H groups in total. The molecule has 5 amide bonds. The summed E-state index contributed by atoms with van der Waals surface area (Å²) < 4.78 is 50.6. The third kappa shape index (κ3) is 9.55. The van der Waals surface area contributed by atoms with Crippen LogP contribution >= 0.6 is 0 Å². The summed E-state index contributed by atoms with van der Waals surface area (Å²) in [5, 5.41) is 10.6. The Morgan fingerprint density at radius 3 is 2.60 bits per heavy atom. The lowest BCUT2D eigenvalue weighted by Gasteiger charge is -2.35. The maximum Gasteiger partial charge on any atom is 0.409 e. The third-order valence-corrected chi connectivity index (χ3v) is 16.8. The first kappa shape index (κ1) is 51.2. The molecule has 6 fully saturated rings. The van der Waals surface area contributed by atoms with E-state index in [1.807, 2.05) is 0 Å². The van der Waals surface area contributed by atoms with Gasteiger partial charge in [0, 0.05) is 80.6 Å². The average Bonchev–Trinajstić information content (AvgIpc) is 3.81. The summed E-state index contributed by atoms with van der Waals surface area (Å²) in [4.78, 5) is 85.0. The number of epoxide rings is 1. The fourth-order valence-electron chi connectivity index (χ4n) is 12.8. The minimum absolute atomic E-state index is 0.00351. The quantitative estimate of drug-likeness (QED) is 0.0287. The zero-order chi connectivity index (χ0) is 54.0. The summed E-state index contributed by atoms with van der Waals surface area (Å²) in [6.45, 7) is 7.28. The van der Waals surface area contributed by atoms with Crippen molar-refractivity contribution in [3.8, 4) is 29.6 Å². The first-order chi connectivity index (χ1) is 37.7. The van der Waals surface area contributed by atoms with Crippen LogP contribution in [0, 0.1) is 24.0 Å². The van der Waals surface area contributed by atoms with E-state index >= 15 is 8.78 Å². The zero-order valence-electron chi connectivity index (χ0n) is 43.3. The zero-order valence-corrected chi connectivity index (χ0v) is 43.3. The number of hydrogen-bond donors (Lipinski definition) is 3. The summed E-state index contributed by atoms with van der Waals surface area (Å²) in [6.07, 6.45) is 15.6. The summed E-state index contributed by atoms with van der Waals surface area (Å²) in [6, 6.07) is 12.6. The molecule has 0 saturated carbocycles. The normalized spacial score (nSPS) is 25.4. The lowest BCUT2D eigenvalue weighted by atomic mass is 9.94. The van der Waals surface area contributed by atoms with Gasteiger partial charge in [-0.2, -0.15) is 9.97 Å². The number of unbranched alkanes of at least 4 members (excludes halogenated alkanes) is 3. The number of piperazine rings is 1. The van der Waals surface area contributed by atoms with Crippen molar-refractivity contribution < 1.29 is 47.0 Å². The van der Waals surface area contributed by atoms with E-state index < -0.39 is 46.8 Å². The predicted molar refractivity (Wildman–Crippen MR) is 284 cm³/mol. The molecule has 2 bridgehead atoms. The highest BCUT2D eigenvalue weighted by Crippen LogP contribution is 2.45. The fraction of sp³-hybridized carbons (Fsp3) is 0.448. The Labute approximate surface area is 449 Å². The molecule has 18 nitrogen and oxygen atoms in total. The molecule has 7 aliphatic heterocycles. The number of aromatic nitrogens is 3. The van der Waals surface area contributed by atoms with Gasteiger partial charge in [0.15, 0.2) is 12.0 Å². The van der Waals surface area contributed by atoms with Crippen LogP contribution in [-0.4, -0.2) is 148 Å². The summed E-state index contributed by atoms with van der Waals surface area (Å²) in [5.41, 5.74) is 2.06. The van der Waals surface area contributed by atoms with Gasteiger partial charge in [-0.3, -0.25) is 39.3 Å². The molecule has 0 radical (unpaired) electrons. The van der Waals surface area contributed by atoms with Crippen LogP contribution in [0.3, 0.4) is 0 Å². The molecule has 7 unspecified atom stereocenters. The molecule has 9 heterocycles.